The first kappa shape index (κ1) is 18.9. The first-order valence-corrected chi connectivity index (χ1v) is 10.9. The number of aromatic amines is 1. The van der Waals surface area contributed by atoms with Gasteiger partial charge >= 0.3 is 6.03 Å². The van der Waals surface area contributed by atoms with E-state index in [0.29, 0.717) is 5.92 Å². The van der Waals surface area contributed by atoms with E-state index < -0.39 is 0 Å². The molecule has 0 aliphatic carbocycles. The fraction of sp³-hybridized carbons (Fsp3) is 0.364. The highest BCUT2D eigenvalue weighted by Crippen LogP contribution is 2.29. The smallest absolute Gasteiger partial charge is 0.321 e. The molecule has 4 rings (SSSR count). The van der Waals surface area contributed by atoms with Crippen molar-refractivity contribution in [3.63, 3.8) is 0 Å². The number of rotatable bonds is 3. The number of imidazole rings is 1. The van der Waals surface area contributed by atoms with E-state index in [1.165, 1.54) is 16.0 Å². The van der Waals surface area contributed by atoms with Gasteiger partial charge in [0.1, 0.15) is 5.82 Å². The highest BCUT2D eigenvalue weighted by atomic mass is 32.2. The number of nitrogens with one attached hydrogen (secondary N) is 2. The molecule has 2 heterocycles. The van der Waals surface area contributed by atoms with Crippen molar-refractivity contribution in [3.05, 3.63) is 53.3 Å². The number of fused-ring (bicyclic) bond motifs is 1. The molecule has 0 radical (unpaired) electrons. The lowest BCUT2D eigenvalue weighted by Crippen LogP contribution is -2.40. The maximum absolute atomic E-state index is 12.6. The fourth-order valence-corrected chi connectivity index (χ4v) is 4.12. The van der Waals surface area contributed by atoms with E-state index in [4.69, 9.17) is 4.98 Å². The molecule has 28 heavy (non-hydrogen) atoms. The quantitative estimate of drug-likeness (QED) is 0.592. The molecule has 1 aliphatic heterocycles. The molecule has 1 aromatic heterocycles. The van der Waals surface area contributed by atoms with Crippen molar-refractivity contribution in [2.45, 2.75) is 37.5 Å². The van der Waals surface area contributed by atoms with Crippen LogP contribution in [0.4, 0.5) is 10.5 Å². The number of amides is 2. The van der Waals surface area contributed by atoms with E-state index in [9.17, 15) is 4.79 Å². The minimum atomic E-state index is -0.0220. The van der Waals surface area contributed by atoms with Gasteiger partial charge in [0.2, 0.25) is 0 Å². The van der Waals surface area contributed by atoms with E-state index in [0.717, 1.165) is 48.5 Å². The Labute approximate surface area is 169 Å². The van der Waals surface area contributed by atoms with Crippen LogP contribution in [0.1, 0.15) is 35.7 Å². The van der Waals surface area contributed by atoms with Crippen molar-refractivity contribution >= 4 is 34.5 Å². The molecule has 2 amide bonds. The van der Waals surface area contributed by atoms with Crippen LogP contribution >= 0.6 is 11.8 Å². The second-order valence-electron chi connectivity index (χ2n) is 7.50. The van der Waals surface area contributed by atoms with Gasteiger partial charge in [-0.1, -0.05) is 0 Å². The van der Waals surface area contributed by atoms with E-state index >= 15 is 0 Å². The van der Waals surface area contributed by atoms with Crippen molar-refractivity contribution in [3.8, 4) is 0 Å². The number of thioether (sulfide) groups is 1. The van der Waals surface area contributed by atoms with Crippen LogP contribution in [0.25, 0.3) is 11.0 Å². The molecule has 0 saturated carbocycles. The summed E-state index contributed by atoms with van der Waals surface area (Å²) in [6.07, 6.45) is 3.90. The molecule has 5 nitrogen and oxygen atoms in total. The van der Waals surface area contributed by atoms with Crippen molar-refractivity contribution < 1.29 is 4.79 Å². The second-order valence-corrected chi connectivity index (χ2v) is 8.38. The monoisotopic (exact) mass is 394 g/mol. The van der Waals surface area contributed by atoms with E-state index in [2.05, 4.69) is 36.3 Å². The fourth-order valence-electron chi connectivity index (χ4n) is 3.72. The summed E-state index contributed by atoms with van der Waals surface area (Å²) < 4.78 is 0. The Morgan fingerprint density at radius 3 is 2.50 bits per heavy atom. The van der Waals surface area contributed by atoms with Gasteiger partial charge in [0.05, 0.1) is 11.0 Å². The number of aromatic nitrogens is 2. The normalized spacial score (nSPS) is 15.2. The van der Waals surface area contributed by atoms with Crippen LogP contribution in [0.15, 0.2) is 41.3 Å². The first-order chi connectivity index (χ1) is 13.5. The van der Waals surface area contributed by atoms with Gasteiger partial charge in [-0.3, -0.25) is 0 Å². The van der Waals surface area contributed by atoms with Gasteiger partial charge < -0.3 is 15.2 Å². The number of hydrogen-bond donors (Lipinski definition) is 2. The van der Waals surface area contributed by atoms with Crippen LogP contribution in [0.5, 0.6) is 0 Å². The minimum Gasteiger partial charge on any atom is -0.342 e. The zero-order valence-corrected chi connectivity index (χ0v) is 17.4. The number of hydrogen-bond acceptors (Lipinski definition) is 3. The third-order valence-corrected chi connectivity index (χ3v) is 6.37. The van der Waals surface area contributed by atoms with E-state index in [1.807, 2.05) is 35.4 Å². The van der Waals surface area contributed by atoms with Crippen LogP contribution in [0.3, 0.4) is 0 Å². The summed E-state index contributed by atoms with van der Waals surface area (Å²) in [6, 6.07) is 12.3. The lowest BCUT2D eigenvalue weighted by Gasteiger charge is -2.31. The highest BCUT2D eigenvalue weighted by molar-refractivity contribution is 7.98. The van der Waals surface area contributed by atoms with Crippen molar-refractivity contribution in [2.75, 3.05) is 24.7 Å². The Morgan fingerprint density at radius 1 is 1.14 bits per heavy atom. The molecule has 3 aromatic rings. The summed E-state index contributed by atoms with van der Waals surface area (Å²) in [7, 11) is 0. The summed E-state index contributed by atoms with van der Waals surface area (Å²) in [5.74, 6) is 1.42. The molecule has 146 valence electrons. The third kappa shape index (κ3) is 3.87. The number of aryl methyl sites for hydroxylation is 2. The molecular formula is C22H26N4OS. The summed E-state index contributed by atoms with van der Waals surface area (Å²) in [6.45, 7) is 5.73. The summed E-state index contributed by atoms with van der Waals surface area (Å²) in [5.41, 5.74) is 5.52. The number of benzene rings is 2. The van der Waals surface area contributed by atoms with Gasteiger partial charge in [-0.15, -0.1) is 11.8 Å². The lowest BCUT2D eigenvalue weighted by atomic mass is 9.96. The van der Waals surface area contributed by atoms with E-state index in [1.54, 1.807) is 11.8 Å². The number of H-pyrrole nitrogens is 1. The maximum Gasteiger partial charge on any atom is 0.321 e. The summed E-state index contributed by atoms with van der Waals surface area (Å²) in [5, 5.41) is 3.01. The molecule has 1 aliphatic rings. The molecule has 2 N–H and O–H groups in total. The Kier molecular flexibility index (Phi) is 5.31. The van der Waals surface area contributed by atoms with Gasteiger partial charge in [0, 0.05) is 29.6 Å². The average Bonchev–Trinajstić information content (AvgIpc) is 3.11. The largest absolute Gasteiger partial charge is 0.342 e. The predicted molar refractivity (Wildman–Crippen MR) is 116 cm³/mol. The molecular weight excluding hydrogens is 368 g/mol. The first-order valence-electron chi connectivity index (χ1n) is 9.70. The van der Waals surface area contributed by atoms with Gasteiger partial charge in [-0.25, -0.2) is 9.78 Å². The standard InChI is InChI=1S/C22H26N4OS/c1-14-12-19-20(13-15(14)2)25-21(24-19)16-8-10-26(11-9-16)22(27)23-17-4-6-18(28-3)7-5-17/h4-7,12-13,16H,8-11H2,1-3H3,(H,23,27)(H,24,25). The molecule has 6 heteroatoms. The molecule has 0 bridgehead atoms. The number of urea groups is 1. The number of carbonyl (C=O) groups is 1. The number of carbonyl (C=O) groups excluding carboxylic acids is 1. The van der Waals surface area contributed by atoms with Gasteiger partial charge in [-0.05, 0) is 80.5 Å². The molecule has 0 atom stereocenters. The Morgan fingerprint density at radius 2 is 1.82 bits per heavy atom. The molecule has 2 aromatic carbocycles. The molecule has 1 saturated heterocycles. The molecule has 0 unspecified atom stereocenters. The predicted octanol–water partition coefficient (Wildman–Crippen LogP) is 5.31. The second kappa shape index (κ2) is 7.87. The Hall–Kier alpha value is -2.47. The minimum absolute atomic E-state index is 0.0220. The van der Waals surface area contributed by atoms with Crippen LogP contribution < -0.4 is 5.32 Å². The van der Waals surface area contributed by atoms with Crippen LogP contribution in [0.2, 0.25) is 0 Å². The number of anilines is 1. The Bertz CT molecular complexity index is 949. The SMILES string of the molecule is CSc1ccc(NC(=O)N2CCC(c3nc4cc(C)c(C)cc4[nH]3)CC2)cc1. The lowest BCUT2D eigenvalue weighted by molar-refractivity contribution is 0.193. The zero-order chi connectivity index (χ0) is 19.7. The number of piperidine rings is 1. The highest BCUT2D eigenvalue weighted by Gasteiger charge is 2.26. The van der Waals surface area contributed by atoms with Gasteiger partial charge in [0.15, 0.2) is 0 Å². The molecule has 0 spiro atoms. The average molecular weight is 395 g/mol. The van der Waals surface area contributed by atoms with Crippen molar-refractivity contribution in [1.82, 2.24) is 14.9 Å². The number of likely N-dealkylation sites (tertiary alicyclic amines) is 1. The molecule has 1 fully saturated rings. The van der Waals surface area contributed by atoms with Crippen LogP contribution in [0, 0.1) is 13.8 Å². The maximum atomic E-state index is 12.6. The zero-order valence-electron chi connectivity index (χ0n) is 16.6. The van der Waals surface area contributed by atoms with Crippen LogP contribution in [-0.2, 0) is 0 Å². The van der Waals surface area contributed by atoms with Gasteiger partial charge in [-0.2, -0.15) is 0 Å². The van der Waals surface area contributed by atoms with Gasteiger partial charge in [0.25, 0.3) is 0 Å². The topological polar surface area (TPSA) is 61.0 Å². The van der Waals surface area contributed by atoms with Crippen molar-refractivity contribution in [2.24, 2.45) is 0 Å². The van der Waals surface area contributed by atoms with Crippen molar-refractivity contribution in [1.29, 1.82) is 0 Å². The number of nitrogens with zero attached hydrogens (tertiary/aromatic N) is 2. The van der Waals surface area contributed by atoms with E-state index in [-0.39, 0.29) is 6.03 Å². The van der Waals surface area contributed by atoms with Crippen LogP contribution in [-0.4, -0.2) is 40.2 Å². The third-order valence-electron chi connectivity index (χ3n) is 5.63. The summed E-state index contributed by atoms with van der Waals surface area (Å²) in [4.78, 5) is 24.0. The Balaban J connectivity index is 1.38. The summed E-state index contributed by atoms with van der Waals surface area (Å²) >= 11 is 1.69.